The van der Waals surface area contributed by atoms with E-state index in [2.05, 4.69) is 39.6 Å². The number of primary amides is 1. The summed E-state index contributed by atoms with van der Waals surface area (Å²) < 4.78 is 0. The highest BCUT2D eigenvalue weighted by atomic mass is 32.2. The summed E-state index contributed by atoms with van der Waals surface area (Å²) in [6.07, 6.45) is 3.80. The molecule has 3 aromatic rings. The zero-order valence-corrected chi connectivity index (χ0v) is 17.9. The fourth-order valence-corrected chi connectivity index (χ4v) is 4.25. The molecule has 0 bridgehead atoms. The lowest BCUT2D eigenvalue weighted by atomic mass is 10.1. The maximum atomic E-state index is 12.2. The van der Waals surface area contributed by atoms with E-state index >= 15 is 0 Å². The van der Waals surface area contributed by atoms with Crippen LogP contribution in [-0.2, 0) is 12.2 Å². The molecule has 0 unspecified atom stereocenters. The van der Waals surface area contributed by atoms with Crippen LogP contribution in [0.15, 0.2) is 70.8 Å². The summed E-state index contributed by atoms with van der Waals surface area (Å²) in [7, 11) is 0. The molecule has 0 atom stereocenters. The molecule has 3 N–H and O–H groups in total. The van der Waals surface area contributed by atoms with E-state index in [4.69, 9.17) is 5.73 Å². The second-order valence-corrected chi connectivity index (χ2v) is 8.13. The summed E-state index contributed by atoms with van der Waals surface area (Å²) >= 11 is 2.95. The van der Waals surface area contributed by atoms with Gasteiger partial charge in [0, 0.05) is 12.3 Å². The van der Waals surface area contributed by atoms with Crippen molar-refractivity contribution in [2.24, 2.45) is 5.73 Å². The monoisotopic (exact) mass is 424 g/mol. The van der Waals surface area contributed by atoms with Gasteiger partial charge in [0.15, 0.2) is 5.16 Å². The van der Waals surface area contributed by atoms with Gasteiger partial charge in [-0.2, -0.15) is 0 Å². The first-order valence-corrected chi connectivity index (χ1v) is 11.6. The van der Waals surface area contributed by atoms with Crippen LogP contribution in [-0.4, -0.2) is 28.7 Å². The smallest absolute Gasteiger partial charge is 0.255 e. The quantitative estimate of drug-likeness (QED) is 0.214. The minimum absolute atomic E-state index is 0.364. The van der Waals surface area contributed by atoms with Crippen molar-refractivity contribution in [2.45, 2.75) is 28.8 Å². The number of aryl methyl sites for hydroxylation is 1. The molecule has 0 aliphatic rings. The predicted molar refractivity (Wildman–Crippen MR) is 122 cm³/mol. The highest BCUT2D eigenvalue weighted by Crippen LogP contribution is 2.30. The van der Waals surface area contributed by atoms with E-state index in [1.54, 1.807) is 0 Å². The van der Waals surface area contributed by atoms with Crippen LogP contribution in [0.25, 0.3) is 0 Å². The number of thioether (sulfide) groups is 2. The van der Waals surface area contributed by atoms with Gasteiger partial charge < -0.3 is 11.1 Å². The molecule has 2 aromatic carbocycles. The molecule has 0 saturated heterocycles. The van der Waals surface area contributed by atoms with E-state index in [1.807, 2.05) is 42.7 Å². The fraction of sp³-hybridized carbons (Fsp3) is 0.227. The molecule has 150 valence electrons. The molecule has 0 spiro atoms. The van der Waals surface area contributed by atoms with E-state index in [0.29, 0.717) is 33.9 Å². The first-order chi connectivity index (χ1) is 14.2. The normalized spacial score (nSPS) is 10.7. The predicted octanol–water partition coefficient (Wildman–Crippen LogP) is 4.63. The summed E-state index contributed by atoms with van der Waals surface area (Å²) in [5.74, 6) is 0.707. The van der Waals surface area contributed by atoms with Gasteiger partial charge in [-0.3, -0.25) is 4.79 Å². The Morgan fingerprint density at radius 3 is 2.28 bits per heavy atom. The number of amides is 1. The Balaban J connectivity index is 1.73. The third-order valence-electron chi connectivity index (χ3n) is 4.28. The molecule has 29 heavy (non-hydrogen) atoms. The Labute approximate surface area is 179 Å². The van der Waals surface area contributed by atoms with E-state index in [0.717, 1.165) is 18.4 Å². The Bertz CT molecular complexity index is 936. The van der Waals surface area contributed by atoms with Crippen LogP contribution in [0.2, 0.25) is 0 Å². The molecule has 1 amide bonds. The number of carbonyl (C=O) groups excluding carboxylic acids is 1. The molecular formula is C22H24N4OS2. The van der Waals surface area contributed by atoms with Crippen molar-refractivity contribution < 1.29 is 4.79 Å². The SMILES string of the molecule is CSc1nc(NCCCc2ccccc2)c(C(N)=O)c(SCc2ccccc2)n1. The highest BCUT2D eigenvalue weighted by molar-refractivity contribution is 7.99. The number of benzene rings is 2. The van der Waals surface area contributed by atoms with Gasteiger partial charge in [0.25, 0.3) is 5.91 Å². The van der Waals surface area contributed by atoms with E-state index in [9.17, 15) is 4.79 Å². The van der Waals surface area contributed by atoms with Crippen molar-refractivity contribution in [3.63, 3.8) is 0 Å². The number of nitrogens with zero attached hydrogens (tertiary/aromatic N) is 2. The molecule has 1 aromatic heterocycles. The molecule has 7 heteroatoms. The van der Waals surface area contributed by atoms with Crippen LogP contribution < -0.4 is 11.1 Å². The number of hydrogen-bond donors (Lipinski definition) is 2. The largest absolute Gasteiger partial charge is 0.369 e. The van der Waals surface area contributed by atoms with Gasteiger partial charge in [-0.1, -0.05) is 72.4 Å². The molecule has 0 fully saturated rings. The minimum atomic E-state index is -0.515. The van der Waals surface area contributed by atoms with E-state index in [1.165, 1.54) is 29.1 Å². The first-order valence-electron chi connectivity index (χ1n) is 9.37. The summed E-state index contributed by atoms with van der Waals surface area (Å²) in [5.41, 5.74) is 8.51. The number of aromatic nitrogens is 2. The van der Waals surface area contributed by atoms with Crippen LogP contribution in [0.1, 0.15) is 27.9 Å². The lowest BCUT2D eigenvalue weighted by Gasteiger charge is -2.14. The number of nitrogens with one attached hydrogen (secondary N) is 1. The molecule has 0 saturated carbocycles. The summed E-state index contributed by atoms with van der Waals surface area (Å²) in [4.78, 5) is 21.2. The average molecular weight is 425 g/mol. The zero-order chi connectivity index (χ0) is 20.5. The van der Waals surface area contributed by atoms with Gasteiger partial charge in [-0.15, -0.1) is 11.8 Å². The molecule has 5 nitrogen and oxygen atoms in total. The molecule has 1 heterocycles. The fourth-order valence-electron chi connectivity index (χ4n) is 2.84. The van der Waals surface area contributed by atoms with Gasteiger partial charge in [-0.05, 0) is 30.2 Å². The third-order valence-corrected chi connectivity index (χ3v) is 5.87. The number of carbonyl (C=O) groups is 1. The van der Waals surface area contributed by atoms with Gasteiger partial charge in [0.1, 0.15) is 16.4 Å². The second kappa shape index (κ2) is 10.9. The van der Waals surface area contributed by atoms with Crippen molar-refractivity contribution in [1.82, 2.24) is 9.97 Å². The van der Waals surface area contributed by atoms with Crippen LogP contribution in [0, 0.1) is 0 Å². The van der Waals surface area contributed by atoms with Crippen molar-refractivity contribution in [2.75, 3.05) is 18.1 Å². The molecule has 0 radical (unpaired) electrons. The van der Waals surface area contributed by atoms with Crippen LogP contribution in [0.4, 0.5) is 5.82 Å². The Morgan fingerprint density at radius 1 is 1.00 bits per heavy atom. The second-order valence-electron chi connectivity index (χ2n) is 6.39. The van der Waals surface area contributed by atoms with Crippen molar-refractivity contribution in [3.05, 3.63) is 77.4 Å². The zero-order valence-electron chi connectivity index (χ0n) is 16.3. The van der Waals surface area contributed by atoms with E-state index in [-0.39, 0.29) is 0 Å². The third kappa shape index (κ3) is 6.24. The highest BCUT2D eigenvalue weighted by Gasteiger charge is 2.19. The number of nitrogens with two attached hydrogens (primary N) is 1. The standard InChI is InChI=1S/C22H24N4OS2/c1-28-22-25-20(24-14-8-13-16-9-4-2-5-10-16)18(19(23)27)21(26-22)29-15-17-11-6-3-7-12-17/h2-7,9-12H,8,13-15H2,1H3,(H2,23,27)(H,24,25,26). The molecular weight excluding hydrogens is 400 g/mol. The van der Waals surface area contributed by atoms with Crippen molar-refractivity contribution in [3.8, 4) is 0 Å². The Morgan fingerprint density at radius 2 is 1.66 bits per heavy atom. The number of hydrogen-bond acceptors (Lipinski definition) is 6. The molecule has 3 rings (SSSR count). The molecule has 0 aliphatic heterocycles. The van der Waals surface area contributed by atoms with Crippen LogP contribution in [0.3, 0.4) is 0 Å². The van der Waals surface area contributed by atoms with Gasteiger partial charge in [-0.25, -0.2) is 9.97 Å². The summed E-state index contributed by atoms with van der Waals surface area (Å²) in [5, 5.41) is 4.54. The summed E-state index contributed by atoms with van der Waals surface area (Å²) in [6, 6.07) is 20.4. The van der Waals surface area contributed by atoms with E-state index < -0.39 is 5.91 Å². The van der Waals surface area contributed by atoms with Crippen LogP contribution >= 0.6 is 23.5 Å². The van der Waals surface area contributed by atoms with Crippen LogP contribution in [0.5, 0.6) is 0 Å². The number of anilines is 1. The lowest BCUT2D eigenvalue weighted by Crippen LogP contribution is -2.19. The first kappa shape index (κ1) is 21.2. The van der Waals surface area contributed by atoms with Crippen molar-refractivity contribution in [1.29, 1.82) is 0 Å². The topological polar surface area (TPSA) is 80.9 Å². The lowest BCUT2D eigenvalue weighted by molar-refractivity contribution is 0.0997. The summed E-state index contributed by atoms with van der Waals surface area (Å²) in [6.45, 7) is 0.697. The Kier molecular flexibility index (Phi) is 7.95. The number of rotatable bonds is 10. The molecule has 0 aliphatic carbocycles. The maximum Gasteiger partial charge on any atom is 0.255 e. The van der Waals surface area contributed by atoms with Gasteiger partial charge in [0.2, 0.25) is 0 Å². The average Bonchev–Trinajstić information content (AvgIpc) is 2.76. The van der Waals surface area contributed by atoms with Gasteiger partial charge >= 0.3 is 0 Å². The maximum absolute atomic E-state index is 12.2. The Hall–Kier alpha value is -2.51. The minimum Gasteiger partial charge on any atom is -0.369 e. The van der Waals surface area contributed by atoms with Crippen molar-refractivity contribution >= 4 is 35.2 Å². The van der Waals surface area contributed by atoms with Gasteiger partial charge in [0.05, 0.1) is 0 Å².